The largest absolute Gasteiger partial charge is 0.324 e. The number of hydrogen-bond donors (Lipinski definition) is 3. The number of hydrogen-bond acceptors (Lipinski definition) is 5. The maximum absolute atomic E-state index is 11.9. The number of primary sulfonamides is 1. The van der Waals surface area contributed by atoms with Crippen molar-refractivity contribution in [2.45, 2.75) is 17.9 Å². The van der Waals surface area contributed by atoms with Gasteiger partial charge < -0.3 is 5.73 Å². The summed E-state index contributed by atoms with van der Waals surface area (Å²) in [4.78, 5) is 0.0386. The Bertz CT molecular complexity index is 638. The first-order valence-electron chi connectivity index (χ1n) is 5.47. The van der Waals surface area contributed by atoms with E-state index in [1.807, 2.05) is 0 Å². The zero-order valence-electron chi connectivity index (χ0n) is 10.4. The molecule has 0 aliphatic rings. The average molecular weight is 307 g/mol. The van der Waals surface area contributed by atoms with Gasteiger partial charge in [0.05, 0.1) is 10.6 Å². The summed E-state index contributed by atoms with van der Waals surface area (Å²) in [5, 5.41) is 4.79. The predicted octanol–water partition coefficient (Wildman–Crippen LogP) is -0.727. The summed E-state index contributed by atoms with van der Waals surface area (Å²) >= 11 is 0. The van der Waals surface area contributed by atoms with Crippen molar-refractivity contribution in [3.05, 3.63) is 29.8 Å². The van der Waals surface area contributed by atoms with E-state index in [-0.39, 0.29) is 17.5 Å². The average Bonchev–Trinajstić information content (AvgIpc) is 2.27. The smallest absolute Gasteiger partial charge is 0.240 e. The van der Waals surface area contributed by atoms with Crippen molar-refractivity contribution in [3.63, 3.8) is 0 Å². The Morgan fingerprint density at radius 3 is 2.42 bits per heavy atom. The highest BCUT2D eigenvalue weighted by Gasteiger charge is 2.15. The van der Waals surface area contributed by atoms with Crippen LogP contribution in [-0.2, 0) is 20.0 Å². The summed E-state index contributed by atoms with van der Waals surface area (Å²) < 4.78 is 47.4. The highest BCUT2D eigenvalue weighted by atomic mass is 32.2. The second kappa shape index (κ2) is 5.97. The summed E-state index contributed by atoms with van der Waals surface area (Å²) in [6, 6.07) is 5.86. The van der Waals surface area contributed by atoms with Crippen LogP contribution < -0.4 is 15.6 Å². The molecule has 1 rings (SSSR count). The molecule has 0 heterocycles. The van der Waals surface area contributed by atoms with Gasteiger partial charge >= 0.3 is 0 Å². The van der Waals surface area contributed by atoms with Crippen molar-refractivity contribution in [2.24, 2.45) is 10.9 Å². The molecule has 0 aliphatic carbocycles. The molecule has 1 aromatic carbocycles. The SMILES string of the molecule is CC(N)c1cccc(S(=O)(=O)NCCS(N)(=O)=O)c1. The van der Waals surface area contributed by atoms with Gasteiger partial charge in [0.1, 0.15) is 0 Å². The quantitative estimate of drug-likeness (QED) is 0.637. The Hall–Kier alpha value is -1.00. The number of nitrogens with two attached hydrogens (primary N) is 2. The molecular weight excluding hydrogens is 290 g/mol. The summed E-state index contributed by atoms with van der Waals surface area (Å²) in [7, 11) is -7.46. The fourth-order valence-corrected chi connectivity index (χ4v) is 2.97. The zero-order chi connectivity index (χ0) is 14.7. The third kappa shape index (κ3) is 5.25. The van der Waals surface area contributed by atoms with Crippen molar-refractivity contribution in [1.82, 2.24) is 4.72 Å². The van der Waals surface area contributed by atoms with Crippen molar-refractivity contribution < 1.29 is 16.8 Å². The van der Waals surface area contributed by atoms with E-state index in [1.165, 1.54) is 12.1 Å². The van der Waals surface area contributed by atoms with Crippen LogP contribution in [0.1, 0.15) is 18.5 Å². The predicted molar refractivity (Wildman–Crippen MR) is 72.2 cm³/mol. The summed E-state index contributed by atoms with van der Waals surface area (Å²) in [5.41, 5.74) is 6.35. The van der Waals surface area contributed by atoms with Crippen LogP contribution in [-0.4, -0.2) is 29.1 Å². The van der Waals surface area contributed by atoms with Crippen LogP contribution in [0.5, 0.6) is 0 Å². The second-order valence-corrected chi connectivity index (χ2v) is 7.63. The standard InChI is InChI=1S/C10H17N3O4S2/c1-8(11)9-3-2-4-10(7-9)19(16,17)13-5-6-18(12,14)15/h2-4,7-8,13H,5-6,11H2,1H3,(H2,12,14,15). The van der Waals surface area contributed by atoms with E-state index < -0.39 is 25.8 Å². The number of nitrogens with one attached hydrogen (secondary N) is 1. The van der Waals surface area contributed by atoms with E-state index in [0.717, 1.165) is 0 Å². The van der Waals surface area contributed by atoms with Gasteiger partial charge in [0.25, 0.3) is 0 Å². The molecule has 1 unspecified atom stereocenters. The van der Waals surface area contributed by atoms with Gasteiger partial charge in [0.2, 0.25) is 20.0 Å². The third-order valence-corrected chi connectivity index (χ3v) is 4.60. The fraction of sp³-hybridized carbons (Fsp3) is 0.400. The van der Waals surface area contributed by atoms with Crippen LogP contribution in [0.15, 0.2) is 29.2 Å². The molecular formula is C10H17N3O4S2. The lowest BCUT2D eigenvalue weighted by Crippen LogP contribution is -2.31. The van der Waals surface area contributed by atoms with Crippen LogP contribution >= 0.6 is 0 Å². The maximum atomic E-state index is 11.9. The molecule has 7 nitrogen and oxygen atoms in total. The highest BCUT2D eigenvalue weighted by Crippen LogP contribution is 2.15. The molecule has 5 N–H and O–H groups in total. The van der Waals surface area contributed by atoms with Crippen molar-refractivity contribution in [1.29, 1.82) is 0 Å². The van der Waals surface area contributed by atoms with Gasteiger partial charge in [-0.2, -0.15) is 0 Å². The lowest BCUT2D eigenvalue weighted by Gasteiger charge is -2.09. The molecule has 0 radical (unpaired) electrons. The summed E-state index contributed by atoms with van der Waals surface area (Å²) in [5.74, 6) is -0.459. The lowest BCUT2D eigenvalue weighted by molar-refractivity contribution is 0.581. The minimum atomic E-state index is -3.76. The number of sulfonamides is 2. The minimum Gasteiger partial charge on any atom is -0.324 e. The van der Waals surface area contributed by atoms with Crippen LogP contribution in [0.2, 0.25) is 0 Å². The monoisotopic (exact) mass is 307 g/mol. The molecule has 19 heavy (non-hydrogen) atoms. The lowest BCUT2D eigenvalue weighted by atomic mass is 10.1. The zero-order valence-corrected chi connectivity index (χ0v) is 12.0. The molecule has 0 saturated carbocycles. The Morgan fingerprint density at radius 1 is 1.26 bits per heavy atom. The molecule has 108 valence electrons. The van der Waals surface area contributed by atoms with Gasteiger partial charge in [-0.25, -0.2) is 26.7 Å². The Kier molecular flexibility index (Phi) is 5.04. The van der Waals surface area contributed by atoms with Crippen LogP contribution in [0.4, 0.5) is 0 Å². The first kappa shape index (κ1) is 16.1. The third-order valence-electron chi connectivity index (χ3n) is 2.37. The fourth-order valence-electron chi connectivity index (χ4n) is 1.37. The Morgan fingerprint density at radius 2 is 1.89 bits per heavy atom. The maximum Gasteiger partial charge on any atom is 0.240 e. The molecule has 0 bridgehead atoms. The Labute approximate surface area is 113 Å². The molecule has 0 saturated heterocycles. The first-order chi connectivity index (χ1) is 8.62. The van der Waals surface area contributed by atoms with Gasteiger partial charge in [-0.05, 0) is 24.6 Å². The molecule has 1 aromatic rings. The van der Waals surface area contributed by atoms with Crippen molar-refractivity contribution in [3.8, 4) is 0 Å². The normalized spacial score (nSPS) is 14.3. The van der Waals surface area contributed by atoms with E-state index in [1.54, 1.807) is 19.1 Å². The topological polar surface area (TPSA) is 132 Å². The highest BCUT2D eigenvalue weighted by molar-refractivity contribution is 7.90. The second-order valence-electron chi connectivity index (χ2n) is 4.13. The van der Waals surface area contributed by atoms with Crippen molar-refractivity contribution in [2.75, 3.05) is 12.3 Å². The van der Waals surface area contributed by atoms with Crippen LogP contribution in [0.25, 0.3) is 0 Å². The molecule has 0 spiro atoms. The van der Waals surface area contributed by atoms with E-state index >= 15 is 0 Å². The Balaban J connectivity index is 2.86. The molecule has 0 aliphatic heterocycles. The molecule has 1 atom stereocenters. The van der Waals surface area contributed by atoms with Gasteiger partial charge in [0.15, 0.2) is 0 Å². The molecule has 9 heteroatoms. The molecule has 0 fully saturated rings. The number of rotatable bonds is 6. The van der Waals surface area contributed by atoms with Crippen LogP contribution in [0, 0.1) is 0 Å². The first-order valence-corrected chi connectivity index (χ1v) is 8.67. The summed E-state index contributed by atoms with van der Waals surface area (Å²) in [6.45, 7) is 1.46. The van der Waals surface area contributed by atoms with Crippen molar-refractivity contribution >= 4 is 20.0 Å². The van der Waals surface area contributed by atoms with Gasteiger partial charge in [0, 0.05) is 12.6 Å². The van der Waals surface area contributed by atoms with E-state index in [2.05, 4.69) is 4.72 Å². The van der Waals surface area contributed by atoms with E-state index in [9.17, 15) is 16.8 Å². The summed E-state index contributed by atoms with van der Waals surface area (Å²) in [6.07, 6.45) is 0. The van der Waals surface area contributed by atoms with Crippen LogP contribution in [0.3, 0.4) is 0 Å². The molecule has 0 aromatic heterocycles. The van der Waals surface area contributed by atoms with Gasteiger partial charge in [-0.3, -0.25) is 0 Å². The van der Waals surface area contributed by atoms with E-state index in [0.29, 0.717) is 5.56 Å². The van der Waals surface area contributed by atoms with Gasteiger partial charge in [-0.1, -0.05) is 12.1 Å². The minimum absolute atomic E-state index is 0.0386. The number of benzene rings is 1. The molecule has 0 amide bonds. The van der Waals surface area contributed by atoms with Gasteiger partial charge in [-0.15, -0.1) is 0 Å². The van der Waals surface area contributed by atoms with E-state index in [4.69, 9.17) is 10.9 Å².